The fraction of sp³-hybridized carbons (Fsp3) is 0.267. The number of aryl methyl sites for hydroxylation is 1. The first-order valence-electron chi connectivity index (χ1n) is 7.49. The summed E-state index contributed by atoms with van der Waals surface area (Å²) < 4.78 is 29.6. The molecule has 0 saturated carbocycles. The number of halogens is 2. The van der Waals surface area contributed by atoms with Gasteiger partial charge in [0.25, 0.3) is 0 Å². The van der Waals surface area contributed by atoms with E-state index in [1.807, 2.05) is 11.5 Å². The maximum atomic E-state index is 12.6. The second kappa shape index (κ2) is 6.87. The molecule has 0 aliphatic heterocycles. The van der Waals surface area contributed by atoms with E-state index in [4.69, 9.17) is 23.2 Å². The SMILES string of the molecule is CCn1c(C(C)NS(=O)(=O)c2ccc(Cl)cc2)nc2nnc(Cl)cc21. The van der Waals surface area contributed by atoms with Crippen molar-refractivity contribution in [1.29, 1.82) is 0 Å². The molecule has 0 aliphatic carbocycles. The highest BCUT2D eigenvalue weighted by Gasteiger charge is 2.23. The average molecular weight is 400 g/mol. The van der Waals surface area contributed by atoms with Crippen LogP contribution < -0.4 is 4.72 Å². The number of fused-ring (bicyclic) bond motifs is 1. The van der Waals surface area contributed by atoms with E-state index < -0.39 is 16.1 Å². The minimum atomic E-state index is -3.72. The zero-order chi connectivity index (χ0) is 18.2. The van der Waals surface area contributed by atoms with Crippen molar-refractivity contribution in [2.45, 2.75) is 31.3 Å². The van der Waals surface area contributed by atoms with Gasteiger partial charge in [-0.3, -0.25) is 0 Å². The molecule has 1 unspecified atom stereocenters. The van der Waals surface area contributed by atoms with Crippen LogP contribution in [0.5, 0.6) is 0 Å². The fourth-order valence-electron chi connectivity index (χ4n) is 2.55. The minimum Gasteiger partial charge on any atom is -0.325 e. The summed E-state index contributed by atoms with van der Waals surface area (Å²) in [6, 6.07) is 7.04. The number of hydrogen-bond acceptors (Lipinski definition) is 5. The van der Waals surface area contributed by atoms with Crippen LogP contribution in [0.4, 0.5) is 0 Å². The van der Waals surface area contributed by atoms with E-state index >= 15 is 0 Å². The first-order chi connectivity index (χ1) is 11.8. The smallest absolute Gasteiger partial charge is 0.241 e. The van der Waals surface area contributed by atoms with Crippen molar-refractivity contribution in [1.82, 2.24) is 24.5 Å². The Morgan fingerprint density at radius 3 is 2.52 bits per heavy atom. The van der Waals surface area contributed by atoms with Gasteiger partial charge in [0, 0.05) is 17.6 Å². The Bertz CT molecular complexity index is 1020. The van der Waals surface area contributed by atoms with Gasteiger partial charge in [-0.15, -0.1) is 10.2 Å². The van der Waals surface area contributed by atoms with E-state index in [0.29, 0.717) is 28.6 Å². The molecule has 1 aromatic carbocycles. The minimum absolute atomic E-state index is 0.130. The van der Waals surface area contributed by atoms with Crippen LogP contribution in [0.15, 0.2) is 35.2 Å². The number of imidazole rings is 1. The van der Waals surface area contributed by atoms with E-state index in [9.17, 15) is 8.42 Å². The van der Waals surface area contributed by atoms with Crippen molar-refractivity contribution in [3.63, 3.8) is 0 Å². The molecule has 0 saturated heterocycles. The van der Waals surface area contributed by atoms with Crippen LogP contribution in [0.1, 0.15) is 25.7 Å². The van der Waals surface area contributed by atoms with Crippen molar-refractivity contribution in [3.05, 3.63) is 46.3 Å². The Hall–Kier alpha value is -1.74. The quantitative estimate of drug-likeness (QED) is 0.711. The van der Waals surface area contributed by atoms with Crippen LogP contribution in [0, 0.1) is 0 Å². The highest BCUT2D eigenvalue weighted by atomic mass is 35.5. The summed E-state index contributed by atoms with van der Waals surface area (Å²) in [5.41, 5.74) is 1.12. The lowest BCUT2D eigenvalue weighted by Crippen LogP contribution is -2.28. The standard InChI is InChI=1S/C15H15Cl2N5O2S/c1-3-22-12-8-13(17)19-20-14(12)18-15(22)9(2)21-25(23,24)11-6-4-10(16)5-7-11/h4-9,21H,3H2,1-2H3. The Morgan fingerprint density at radius 1 is 1.20 bits per heavy atom. The van der Waals surface area contributed by atoms with Gasteiger partial charge < -0.3 is 4.57 Å². The number of sulfonamides is 1. The molecular formula is C15H15Cl2N5O2S. The summed E-state index contributed by atoms with van der Waals surface area (Å²) in [6.45, 7) is 4.23. The molecule has 25 heavy (non-hydrogen) atoms. The van der Waals surface area contributed by atoms with Gasteiger partial charge in [0.05, 0.1) is 16.5 Å². The van der Waals surface area contributed by atoms with Gasteiger partial charge in [-0.1, -0.05) is 23.2 Å². The third kappa shape index (κ3) is 3.62. The molecule has 0 spiro atoms. The molecule has 0 bridgehead atoms. The second-order valence-electron chi connectivity index (χ2n) is 5.39. The molecule has 0 aliphatic rings. The lowest BCUT2D eigenvalue weighted by molar-refractivity contribution is 0.549. The van der Waals surface area contributed by atoms with Crippen molar-refractivity contribution in [2.75, 3.05) is 0 Å². The molecule has 2 aromatic heterocycles. The Morgan fingerprint density at radius 2 is 1.88 bits per heavy atom. The maximum Gasteiger partial charge on any atom is 0.241 e. The van der Waals surface area contributed by atoms with Gasteiger partial charge in [-0.05, 0) is 38.1 Å². The van der Waals surface area contributed by atoms with Crippen LogP contribution in [0.3, 0.4) is 0 Å². The summed E-state index contributed by atoms with van der Waals surface area (Å²) >= 11 is 11.7. The van der Waals surface area contributed by atoms with Crippen LogP contribution in [-0.2, 0) is 16.6 Å². The zero-order valence-electron chi connectivity index (χ0n) is 13.4. The summed E-state index contributed by atoms with van der Waals surface area (Å²) in [5, 5.41) is 8.45. The summed E-state index contributed by atoms with van der Waals surface area (Å²) in [5.74, 6) is 0.534. The van der Waals surface area contributed by atoms with Crippen LogP contribution in [0.25, 0.3) is 11.2 Å². The van der Waals surface area contributed by atoms with Crippen molar-refractivity contribution >= 4 is 44.4 Å². The number of aromatic nitrogens is 4. The predicted molar refractivity (Wildman–Crippen MR) is 96.2 cm³/mol. The van der Waals surface area contributed by atoms with Gasteiger partial charge in [-0.2, -0.15) is 0 Å². The Balaban J connectivity index is 1.96. The molecule has 0 amide bonds. The summed E-state index contributed by atoms with van der Waals surface area (Å²) in [6.07, 6.45) is 0. The van der Waals surface area contributed by atoms with E-state index in [1.165, 1.54) is 24.3 Å². The third-order valence-electron chi connectivity index (χ3n) is 3.67. The molecule has 0 fully saturated rings. The number of rotatable bonds is 5. The zero-order valence-corrected chi connectivity index (χ0v) is 15.8. The van der Waals surface area contributed by atoms with E-state index in [0.717, 1.165) is 0 Å². The maximum absolute atomic E-state index is 12.6. The third-order valence-corrected chi connectivity index (χ3v) is 5.67. The summed E-state index contributed by atoms with van der Waals surface area (Å²) in [7, 11) is -3.72. The molecule has 1 N–H and O–H groups in total. The van der Waals surface area contributed by atoms with E-state index in [1.54, 1.807) is 13.0 Å². The summed E-state index contributed by atoms with van der Waals surface area (Å²) in [4.78, 5) is 4.53. The number of nitrogens with one attached hydrogen (secondary N) is 1. The molecule has 3 aromatic rings. The number of nitrogens with zero attached hydrogens (tertiary/aromatic N) is 4. The van der Waals surface area contributed by atoms with Crippen LogP contribution in [-0.4, -0.2) is 28.2 Å². The van der Waals surface area contributed by atoms with Crippen molar-refractivity contribution < 1.29 is 8.42 Å². The van der Waals surface area contributed by atoms with Crippen molar-refractivity contribution in [3.8, 4) is 0 Å². The molecule has 2 heterocycles. The largest absolute Gasteiger partial charge is 0.325 e. The normalized spacial score (nSPS) is 13.3. The molecule has 1 atom stereocenters. The van der Waals surface area contributed by atoms with E-state index in [2.05, 4.69) is 19.9 Å². The van der Waals surface area contributed by atoms with E-state index in [-0.39, 0.29) is 10.0 Å². The lowest BCUT2D eigenvalue weighted by Gasteiger charge is -2.15. The topological polar surface area (TPSA) is 89.8 Å². The first-order valence-corrected chi connectivity index (χ1v) is 9.73. The monoisotopic (exact) mass is 399 g/mol. The van der Waals surface area contributed by atoms with Gasteiger partial charge in [0.2, 0.25) is 10.0 Å². The highest BCUT2D eigenvalue weighted by Crippen LogP contribution is 2.23. The van der Waals surface area contributed by atoms with Crippen LogP contribution in [0.2, 0.25) is 10.2 Å². The Labute approximate surface area is 155 Å². The first kappa shape index (κ1) is 18.1. The predicted octanol–water partition coefficient (Wildman–Crippen LogP) is 3.19. The molecule has 7 nitrogen and oxygen atoms in total. The Kier molecular flexibility index (Phi) is 4.97. The van der Waals surface area contributed by atoms with Crippen molar-refractivity contribution in [2.24, 2.45) is 0 Å². The van der Waals surface area contributed by atoms with Crippen LogP contribution >= 0.6 is 23.2 Å². The number of hydrogen-bond donors (Lipinski definition) is 1. The van der Waals surface area contributed by atoms with Gasteiger partial charge >= 0.3 is 0 Å². The number of benzene rings is 1. The molecule has 3 rings (SSSR count). The van der Waals surface area contributed by atoms with Gasteiger partial charge in [-0.25, -0.2) is 18.1 Å². The average Bonchev–Trinajstić information content (AvgIpc) is 2.92. The highest BCUT2D eigenvalue weighted by molar-refractivity contribution is 7.89. The second-order valence-corrected chi connectivity index (χ2v) is 7.92. The lowest BCUT2D eigenvalue weighted by atomic mass is 10.3. The molecule has 0 radical (unpaired) electrons. The van der Waals surface area contributed by atoms with Gasteiger partial charge in [0.15, 0.2) is 10.8 Å². The molecular weight excluding hydrogens is 385 g/mol. The fourth-order valence-corrected chi connectivity index (χ4v) is 4.02. The van der Waals surface area contributed by atoms with Gasteiger partial charge in [0.1, 0.15) is 5.82 Å². The molecule has 10 heteroatoms. The molecule has 132 valence electrons.